The minimum Gasteiger partial charge on any atom is -0.400 e. The van der Waals surface area contributed by atoms with Crippen LogP contribution in [-0.4, -0.2) is 16.8 Å². The van der Waals surface area contributed by atoms with Crippen molar-refractivity contribution in [3.05, 3.63) is 24.5 Å². The molecule has 1 heterocycles. The van der Waals surface area contributed by atoms with Gasteiger partial charge in [0.1, 0.15) is 0 Å². The Bertz CT molecular complexity index is 112. The lowest BCUT2D eigenvalue weighted by atomic mass is 10.7. The van der Waals surface area contributed by atoms with E-state index < -0.39 is 0 Å². The van der Waals surface area contributed by atoms with Crippen molar-refractivity contribution in [2.24, 2.45) is 7.05 Å². The maximum absolute atomic E-state index is 7.00. The number of aliphatic hydroxyl groups is 1. The van der Waals surface area contributed by atoms with Crippen molar-refractivity contribution in [1.82, 2.24) is 4.57 Å². The molecule has 0 atom stereocenters. The van der Waals surface area contributed by atoms with Crippen LogP contribution in [0.25, 0.3) is 0 Å². The molecular formula is C6H11NO. The van der Waals surface area contributed by atoms with E-state index in [0.717, 1.165) is 7.11 Å². The predicted molar refractivity (Wildman–Crippen MR) is 33.6 cm³/mol. The first-order valence-electron chi connectivity index (χ1n) is 2.41. The molecule has 0 aliphatic rings. The lowest BCUT2D eigenvalue weighted by molar-refractivity contribution is 0.399. The van der Waals surface area contributed by atoms with Crippen LogP contribution in [0.1, 0.15) is 0 Å². The molecule has 1 N–H and O–H groups in total. The van der Waals surface area contributed by atoms with E-state index in [1.54, 1.807) is 0 Å². The highest BCUT2D eigenvalue weighted by Crippen LogP contribution is 1.80. The summed E-state index contributed by atoms with van der Waals surface area (Å²) in [7, 11) is 3.00. The average molecular weight is 113 g/mol. The normalized spacial score (nSPS) is 7.38. The van der Waals surface area contributed by atoms with Gasteiger partial charge in [0.15, 0.2) is 0 Å². The zero-order valence-electron chi connectivity index (χ0n) is 5.20. The smallest absolute Gasteiger partial charge is 0.0319 e. The minimum atomic E-state index is 1.00. The number of aryl methyl sites for hydroxylation is 1. The second kappa shape index (κ2) is 4.40. The Morgan fingerprint density at radius 3 is 1.62 bits per heavy atom. The predicted octanol–water partition coefficient (Wildman–Crippen LogP) is 0.634. The van der Waals surface area contributed by atoms with Gasteiger partial charge < -0.3 is 9.67 Å². The number of hydrogen-bond acceptors (Lipinski definition) is 1. The van der Waals surface area contributed by atoms with Crippen molar-refractivity contribution >= 4 is 0 Å². The fraction of sp³-hybridized carbons (Fsp3) is 0.333. The monoisotopic (exact) mass is 113 g/mol. The first-order valence-corrected chi connectivity index (χ1v) is 2.41. The van der Waals surface area contributed by atoms with Crippen LogP contribution in [-0.2, 0) is 7.05 Å². The number of nitrogens with zero attached hydrogens (tertiary/aromatic N) is 1. The minimum absolute atomic E-state index is 1.00. The Hall–Kier alpha value is -0.760. The highest BCUT2D eigenvalue weighted by molar-refractivity contribution is 4.88. The van der Waals surface area contributed by atoms with Gasteiger partial charge in [-0.2, -0.15) is 0 Å². The second-order valence-electron chi connectivity index (χ2n) is 1.35. The van der Waals surface area contributed by atoms with E-state index >= 15 is 0 Å². The number of hydrogen-bond donors (Lipinski definition) is 1. The summed E-state index contributed by atoms with van der Waals surface area (Å²) >= 11 is 0. The van der Waals surface area contributed by atoms with Gasteiger partial charge in [0.2, 0.25) is 0 Å². The van der Waals surface area contributed by atoms with Crippen LogP contribution in [0.3, 0.4) is 0 Å². The molecule has 0 saturated carbocycles. The maximum Gasteiger partial charge on any atom is 0.0319 e. The highest BCUT2D eigenvalue weighted by Gasteiger charge is 1.68. The third kappa shape index (κ3) is 2.42. The molecule has 0 bridgehead atoms. The summed E-state index contributed by atoms with van der Waals surface area (Å²) in [6, 6.07) is 4.00. The highest BCUT2D eigenvalue weighted by atomic mass is 16.2. The summed E-state index contributed by atoms with van der Waals surface area (Å²) in [5.74, 6) is 0. The van der Waals surface area contributed by atoms with Crippen LogP contribution in [0.15, 0.2) is 24.5 Å². The molecule has 2 heteroatoms. The van der Waals surface area contributed by atoms with Crippen LogP contribution >= 0.6 is 0 Å². The molecule has 0 aliphatic carbocycles. The van der Waals surface area contributed by atoms with Gasteiger partial charge in [-0.3, -0.25) is 0 Å². The molecule has 0 spiro atoms. The van der Waals surface area contributed by atoms with Crippen LogP contribution in [0.5, 0.6) is 0 Å². The molecule has 0 amide bonds. The molecule has 0 aromatic carbocycles. The second-order valence-corrected chi connectivity index (χ2v) is 1.35. The van der Waals surface area contributed by atoms with Crippen molar-refractivity contribution in [2.75, 3.05) is 7.11 Å². The zero-order valence-corrected chi connectivity index (χ0v) is 5.20. The first-order chi connectivity index (χ1) is 3.89. The summed E-state index contributed by atoms with van der Waals surface area (Å²) < 4.78 is 2.00. The SMILES string of the molecule is CO.Cn1cccc1. The van der Waals surface area contributed by atoms with Crippen molar-refractivity contribution in [3.63, 3.8) is 0 Å². The van der Waals surface area contributed by atoms with E-state index in [4.69, 9.17) is 5.11 Å². The Balaban J connectivity index is 0.000000222. The Morgan fingerprint density at radius 2 is 1.50 bits per heavy atom. The molecule has 2 nitrogen and oxygen atoms in total. The molecular weight excluding hydrogens is 102 g/mol. The third-order valence-electron chi connectivity index (χ3n) is 0.754. The average Bonchev–Trinajstić information content (AvgIpc) is 2.24. The van der Waals surface area contributed by atoms with Gasteiger partial charge in [0, 0.05) is 26.6 Å². The molecule has 0 saturated heterocycles. The fourth-order valence-electron chi connectivity index (χ4n) is 0.421. The van der Waals surface area contributed by atoms with Crippen LogP contribution < -0.4 is 0 Å². The Labute approximate surface area is 49.4 Å². The van der Waals surface area contributed by atoms with Gasteiger partial charge in [-0.15, -0.1) is 0 Å². The van der Waals surface area contributed by atoms with E-state index in [1.807, 2.05) is 36.1 Å². The van der Waals surface area contributed by atoms with Gasteiger partial charge in [0.05, 0.1) is 0 Å². The summed E-state index contributed by atoms with van der Waals surface area (Å²) in [5, 5.41) is 7.00. The van der Waals surface area contributed by atoms with Crippen LogP contribution in [0, 0.1) is 0 Å². The summed E-state index contributed by atoms with van der Waals surface area (Å²) in [6.45, 7) is 0. The Morgan fingerprint density at radius 1 is 1.12 bits per heavy atom. The van der Waals surface area contributed by atoms with Gasteiger partial charge in [-0.25, -0.2) is 0 Å². The van der Waals surface area contributed by atoms with Crippen molar-refractivity contribution in [2.45, 2.75) is 0 Å². The summed E-state index contributed by atoms with van der Waals surface area (Å²) in [5.41, 5.74) is 0. The lowest BCUT2D eigenvalue weighted by Crippen LogP contribution is -1.75. The molecule has 0 radical (unpaired) electrons. The van der Waals surface area contributed by atoms with Crippen molar-refractivity contribution < 1.29 is 5.11 Å². The molecule has 1 aromatic rings. The van der Waals surface area contributed by atoms with Crippen molar-refractivity contribution in [3.8, 4) is 0 Å². The third-order valence-corrected chi connectivity index (χ3v) is 0.754. The number of aliphatic hydroxyl groups excluding tert-OH is 1. The largest absolute Gasteiger partial charge is 0.400 e. The van der Waals surface area contributed by atoms with E-state index in [2.05, 4.69) is 0 Å². The number of rotatable bonds is 0. The van der Waals surface area contributed by atoms with E-state index in [0.29, 0.717) is 0 Å². The molecule has 0 unspecified atom stereocenters. The van der Waals surface area contributed by atoms with Gasteiger partial charge in [-0.1, -0.05) is 0 Å². The molecule has 0 fully saturated rings. The van der Waals surface area contributed by atoms with Crippen molar-refractivity contribution in [1.29, 1.82) is 0 Å². The quantitative estimate of drug-likeness (QED) is 0.524. The molecule has 1 rings (SSSR count). The maximum atomic E-state index is 7.00. The summed E-state index contributed by atoms with van der Waals surface area (Å²) in [6.07, 6.45) is 4.00. The zero-order chi connectivity index (χ0) is 6.41. The van der Waals surface area contributed by atoms with Gasteiger partial charge >= 0.3 is 0 Å². The number of aromatic nitrogens is 1. The summed E-state index contributed by atoms with van der Waals surface area (Å²) in [4.78, 5) is 0. The van der Waals surface area contributed by atoms with E-state index in [-0.39, 0.29) is 0 Å². The standard InChI is InChI=1S/C5H7N.CH4O/c1-6-4-2-3-5-6;1-2/h2-5H,1H3;2H,1H3. The molecule has 8 heavy (non-hydrogen) atoms. The van der Waals surface area contributed by atoms with Gasteiger partial charge in [-0.05, 0) is 12.1 Å². The van der Waals surface area contributed by atoms with E-state index in [1.165, 1.54) is 0 Å². The fourth-order valence-corrected chi connectivity index (χ4v) is 0.421. The Kier molecular flexibility index (Phi) is 3.98. The van der Waals surface area contributed by atoms with Crippen LogP contribution in [0.4, 0.5) is 0 Å². The van der Waals surface area contributed by atoms with Gasteiger partial charge in [0.25, 0.3) is 0 Å². The van der Waals surface area contributed by atoms with Crippen LogP contribution in [0.2, 0.25) is 0 Å². The topological polar surface area (TPSA) is 25.2 Å². The molecule has 1 aromatic heterocycles. The van der Waals surface area contributed by atoms with E-state index in [9.17, 15) is 0 Å². The first kappa shape index (κ1) is 7.24. The molecule has 46 valence electrons. The lowest BCUT2D eigenvalue weighted by Gasteiger charge is -1.79. The molecule has 0 aliphatic heterocycles.